The van der Waals surface area contributed by atoms with Gasteiger partial charge in [0.2, 0.25) is 6.10 Å². The first kappa shape index (κ1) is 19.7. The quantitative estimate of drug-likeness (QED) is 0.622. The minimum atomic E-state index is -4.46. The average molecular weight is 432 g/mol. The van der Waals surface area contributed by atoms with Crippen LogP contribution in [-0.2, 0) is 11.0 Å². The molecular weight excluding hydrogens is 413 g/mol. The summed E-state index contributed by atoms with van der Waals surface area (Å²) in [4.78, 5) is 14.7. The van der Waals surface area contributed by atoms with Crippen LogP contribution in [0.3, 0.4) is 0 Å². The molecule has 0 unspecified atom stereocenters. The first-order chi connectivity index (χ1) is 14.9. The molecule has 0 N–H and O–H groups in total. The number of rotatable bonds is 2. The van der Waals surface area contributed by atoms with Crippen molar-refractivity contribution in [3.05, 3.63) is 54.0 Å². The molecule has 0 bridgehead atoms. The third-order valence-corrected chi connectivity index (χ3v) is 5.64. The first-order valence-electron chi connectivity index (χ1n) is 9.99. The number of aromatic nitrogens is 3. The van der Waals surface area contributed by atoms with Gasteiger partial charge in [0, 0.05) is 25.2 Å². The van der Waals surface area contributed by atoms with E-state index in [1.807, 2.05) is 6.07 Å². The third kappa shape index (κ3) is 3.66. The molecule has 2 atom stereocenters. The molecule has 2 aromatic heterocycles. The number of carbonyl (C=O) groups excluding carboxylic acids is 1. The van der Waals surface area contributed by atoms with Crippen LogP contribution in [0.15, 0.2) is 42.6 Å². The zero-order valence-corrected chi connectivity index (χ0v) is 16.4. The van der Waals surface area contributed by atoms with Crippen LogP contribution in [0.2, 0.25) is 0 Å². The van der Waals surface area contributed by atoms with Crippen molar-refractivity contribution in [1.29, 1.82) is 0 Å². The molecule has 3 aromatic rings. The van der Waals surface area contributed by atoms with E-state index in [1.165, 1.54) is 10.5 Å². The number of halogens is 3. The van der Waals surface area contributed by atoms with E-state index in [0.29, 0.717) is 48.9 Å². The Morgan fingerprint density at radius 3 is 2.71 bits per heavy atom. The maximum absolute atomic E-state index is 13.1. The average Bonchev–Trinajstić information content (AvgIpc) is 3.21. The van der Waals surface area contributed by atoms with Gasteiger partial charge in [0.05, 0.1) is 5.56 Å². The standard InChI is InChI=1S/C21H19F3N4O3/c22-21(23,24)14-7-8-18-25-26-19(28(18)11-14)13-4-3-9-27(10-13)20(29)17-12-30-15-5-1-2-6-16(15)31-17/h1-2,5-8,11,13,17H,3-4,9-10,12H2/t13-,17+/m1/s1. The highest BCUT2D eigenvalue weighted by atomic mass is 19.4. The summed E-state index contributed by atoms with van der Waals surface area (Å²) >= 11 is 0. The second-order valence-electron chi connectivity index (χ2n) is 7.69. The predicted molar refractivity (Wildman–Crippen MR) is 103 cm³/mol. The maximum atomic E-state index is 13.1. The lowest BCUT2D eigenvalue weighted by Gasteiger charge is -2.35. The number of alkyl halides is 3. The van der Waals surface area contributed by atoms with Gasteiger partial charge in [-0.1, -0.05) is 12.1 Å². The van der Waals surface area contributed by atoms with Crippen molar-refractivity contribution in [2.75, 3.05) is 19.7 Å². The summed E-state index contributed by atoms with van der Waals surface area (Å²) in [6.07, 6.45) is -2.81. The van der Waals surface area contributed by atoms with Crippen molar-refractivity contribution in [2.45, 2.75) is 31.0 Å². The predicted octanol–water partition coefficient (Wildman–Crippen LogP) is 3.29. The lowest BCUT2D eigenvalue weighted by molar-refractivity contribution is -0.142. The molecule has 1 aromatic carbocycles. The number of hydrogen-bond donors (Lipinski definition) is 0. The van der Waals surface area contributed by atoms with Crippen LogP contribution in [0.4, 0.5) is 13.2 Å². The van der Waals surface area contributed by atoms with E-state index < -0.39 is 17.8 Å². The largest absolute Gasteiger partial charge is 0.485 e. The van der Waals surface area contributed by atoms with Gasteiger partial charge in [0.1, 0.15) is 12.4 Å². The Balaban J connectivity index is 1.36. The second-order valence-corrected chi connectivity index (χ2v) is 7.69. The van der Waals surface area contributed by atoms with Crippen molar-refractivity contribution >= 4 is 11.6 Å². The third-order valence-electron chi connectivity index (χ3n) is 5.64. The van der Waals surface area contributed by atoms with Gasteiger partial charge < -0.3 is 14.4 Å². The molecule has 162 valence electrons. The molecule has 1 fully saturated rings. The fraction of sp³-hybridized carbons (Fsp3) is 0.381. The Bertz CT molecular complexity index is 1130. The number of amides is 1. The van der Waals surface area contributed by atoms with E-state index >= 15 is 0 Å². The van der Waals surface area contributed by atoms with Gasteiger partial charge in [0.25, 0.3) is 5.91 Å². The van der Waals surface area contributed by atoms with Gasteiger partial charge in [0.15, 0.2) is 17.1 Å². The summed E-state index contributed by atoms with van der Waals surface area (Å²) < 4.78 is 52.3. The minimum Gasteiger partial charge on any atom is -0.485 e. The Morgan fingerprint density at radius 1 is 1.10 bits per heavy atom. The molecule has 0 radical (unpaired) electrons. The molecule has 31 heavy (non-hydrogen) atoms. The van der Waals surface area contributed by atoms with E-state index in [4.69, 9.17) is 9.47 Å². The maximum Gasteiger partial charge on any atom is 0.417 e. The molecule has 0 spiro atoms. The molecule has 4 heterocycles. The monoisotopic (exact) mass is 432 g/mol. The lowest BCUT2D eigenvalue weighted by atomic mass is 9.96. The topological polar surface area (TPSA) is 69.0 Å². The van der Waals surface area contributed by atoms with E-state index in [-0.39, 0.29) is 18.4 Å². The molecule has 1 amide bonds. The number of pyridine rings is 1. The van der Waals surface area contributed by atoms with E-state index in [0.717, 1.165) is 12.3 Å². The van der Waals surface area contributed by atoms with Crippen LogP contribution in [-0.4, -0.2) is 51.2 Å². The molecule has 5 rings (SSSR count). The highest BCUT2D eigenvalue weighted by Gasteiger charge is 2.36. The van der Waals surface area contributed by atoms with Gasteiger partial charge in [-0.2, -0.15) is 13.2 Å². The normalized spacial score (nSPS) is 21.3. The zero-order chi connectivity index (χ0) is 21.6. The number of fused-ring (bicyclic) bond motifs is 2. The minimum absolute atomic E-state index is 0.111. The molecular formula is C21H19F3N4O3. The van der Waals surface area contributed by atoms with Crippen LogP contribution >= 0.6 is 0 Å². The van der Waals surface area contributed by atoms with Crippen LogP contribution in [0.5, 0.6) is 11.5 Å². The van der Waals surface area contributed by atoms with Crippen LogP contribution < -0.4 is 9.47 Å². The summed E-state index contributed by atoms with van der Waals surface area (Å²) in [7, 11) is 0. The van der Waals surface area contributed by atoms with Crippen molar-refractivity contribution < 1.29 is 27.4 Å². The van der Waals surface area contributed by atoms with Gasteiger partial charge in [-0.05, 0) is 37.1 Å². The smallest absolute Gasteiger partial charge is 0.417 e. The second kappa shape index (κ2) is 7.44. The van der Waals surface area contributed by atoms with Crippen LogP contribution in [0, 0.1) is 0 Å². The summed E-state index contributed by atoms with van der Waals surface area (Å²) in [6.45, 7) is 0.985. The van der Waals surface area contributed by atoms with Gasteiger partial charge >= 0.3 is 6.18 Å². The van der Waals surface area contributed by atoms with E-state index in [1.54, 1.807) is 23.1 Å². The summed E-state index contributed by atoms with van der Waals surface area (Å²) in [5.74, 6) is 1.10. The van der Waals surface area contributed by atoms with E-state index in [2.05, 4.69) is 10.2 Å². The highest BCUT2D eigenvalue weighted by Crippen LogP contribution is 2.33. The van der Waals surface area contributed by atoms with Gasteiger partial charge in [-0.25, -0.2) is 0 Å². The molecule has 7 nitrogen and oxygen atoms in total. The number of nitrogens with zero attached hydrogens (tertiary/aromatic N) is 4. The fourth-order valence-corrected chi connectivity index (χ4v) is 4.09. The summed E-state index contributed by atoms with van der Waals surface area (Å²) in [5.41, 5.74) is -0.428. The number of piperidine rings is 1. The number of ether oxygens (including phenoxy) is 2. The van der Waals surface area contributed by atoms with Gasteiger partial charge in [-0.3, -0.25) is 9.20 Å². The number of hydrogen-bond acceptors (Lipinski definition) is 5. The number of benzene rings is 1. The SMILES string of the molecule is O=C([C@@H]1COc2ccccc2O1)N1CCC[C@@H](c2nnc3ccc(C(F)(F)F)cn23)C1. The molecule has 0 saturated carbocycles. The summed E-state index contributed by atoms with van der Waals surface area (Å²) in [5, 5.41) is 8.13. The fourth-order valence-electron chi connectivity index (χ4n) is 4.09. The van der Waals surface area contributed by atoms with E-state index in [9.17, 15) is 18.0 Å². The van der Waals surface area contributed by atoms with Crippen LogP contribution in [0.25, 0.3) is 5.65 Å². The van der Waals surface area contributed by atoms with Crippen molar-refractivity contribution in [2.24, 2.45) is 0 Å². The molecule has 0 aliphatic carbocycles. The Labute approximate surface area is 175 Å². The highest BCUT2D eigenvalue weighted by molar-refractivity contribution is 5.82. The Kier molecular flexibility index (Phi) is 4.71. The zero-order valence-electron chi connectivity index (χ0n) is 16.4. The summed E-state index contributed by atoms with van der Waals surface area (Å²) in [6, 6.07) is 9.44. The molecule has 2 aliphatic rings. The molecule has 2 aliphatic heterocycles. The van der Waals surface area contributed by atoms with Crippen molar-refractivity contribution in [3.63, 3.8) is 0 Å². The molecule has 1 saturated heterocycles. The van der Waals surface area contributed by atoms with Crippen LogP contribution in [0.1, 0.15) is 30.1 Å². The van der Waals surface area contributed by atoms with Gasteiger partial charge in [-0.15, -0.1) is 10.2 Å². The Morgan fingerprint density at radius 2 is 1.90 bits per heavy atom. The number of likely N-dealkylation sites (tertiary alicyclic amines) is 1. The number of carbonyl (C=O) groups is 1. The Hall–Kier alpha value is -3.30. The van der Waals surface area contributed by atoms with Crippen molar-refractivity contribution in [1.82, 2.24) is 19.5 Å². The first-order valence-corrected chi connectivity index (χ1v) is 9.99. The molecule has 10 heteroatoms. The number of para-hydroxylation sites is 2. The van der Waals surface area contributed by atoms with Crippen molar-refractivity contribution in [3.8, 4) is 11.5 Å². The lowest BCUT2D eigenvalue weighted by Crippen LogP contribution is -2.49.